The van der Waals surface area contributed by atoms with Crippen LogP contribution in [-0.4, -0.2) is 54.1 Å². The number of nitrogens with one attached hydrogen (secondary N) is 1. The minimum Gasteiger partial charge on any atom is -0.480 e. The Hall–Kier alpha value is -2.35. The summed E-state index contributed by atoms with van der Waals surface area (Å²) in [7, 11) is 0. The molecule has 1 saturated heterocycles. The van der Waals surface area contributed by atoms with Crippen LogP contribution in [0.5, 0.6) is 0 Å². The fraction of sp³-hybridized carbons (Fsp3) is 0.500. The van der Waals surface area contributed by atoms with E-state index in [0.29, 0.717) is 18.8 Å². The van der Waals surface area contributed by atoms with Gasteiger partial charge in [0.15, 0.2) is 0 Å². The molecule has 1 aliphatic rings. The highest BCUT2D eigenvalue weighted by molar-refractivity contribution is 5.89. The van der Waals surface area contributed by atoms with E-state index >= 15 is 0 Å². The maximum absolute atomic E-state index is 12.0. The number of likely N-dealkylation sites (tertiary alicyclic amines) is 1. The van der Waals surface area contributed by atoms with E-state index in [1.54, 1.807) is 17.0 Å². The summed E-state index contributed by atoms with van der Waals surface area (Å²) in [5.41, 5.74) is 0. The first-order chi connectivity index (χ1) is 10.6. The van der Waals surface area contributed by atoms with Gasteiger partial charge in [-0.3, -0.25) is 9.59 Å². The number of amides is 2. The van der Waals surface area contributed by atoms with Crippen molar-refractivity contribution in [2.45, 2.75) is 13.0 Å². The molecule has 1 unspecified atom stereocenters. The zero-order chi connectivity index (χ0) is 15.9. The third kappa shape index (κ3) is 4.59. The Morgan fingerprint density at radius 3 is 3.00 bits per heavy atom. The predicted molar refractivity (Wildman–Crippen MR) is 73.7 cm³/mol. The van der Waals surface area contributed by atoms with Crippen molar-refractivity contribution in [2.75, 3.05) is 26.3 Å². The van der Waals surface area contributed by atoms with Crippen molar-refractivity contribution in [1.82, 2.24) is 10.2 Å². The molecule has 2 rings (SSSR count). The Kier molecular flexibility index (Phi) is 5.54. The second kappa shape index (κ2) is 7.60. The van der Waals surface area contributed by atoms with Crippen molar-refractivity contribution in [3.8, 4) is 0 Å². The van der Waals surface area contributed by atoms with Crippen LogP contribution in [0.4, 0.5) is 0 Å². The number of ether oxygens (including phenoxy) is 1. The van der Waals surface area contributed by atoms with E-state index in [2.05, 4.69) is 5.32 Å². The standard InChI is InChI=1S/C14H18N2O6/c17-12-6-10(7-16(12)8-11-2-1-4-22-11)14(20)15-3-5-21-9-13(18)19/h1-2,4,10H,3,5-9H2,(H,15,20)(H,18,19). The summed E-state index contributed by atoms with van der Waals surface area (Å²) in [6.45, 7) is 0.650. The molecular weight excluding hydrogens is 292 g/mol. The van der Waals surface area contributed by atoms with Gasteiger partial charge in [0.2, 0.25) is 11.8 Å². The van der Waals surface area contributed by atoms with E-state index in [-0.39, 0.29) is 31.4 Å². The summed E-state index contributed by atoms with van der Waals surface area (Å²) < 4.78 is 10.0. The lowest BCUT2D eigenvalue weighted by Crippen LogP contribution is -2.35. The summed E-state index contributed by atoms with van der Waals surface area (Å²) in [6.07, 6.45) is 1.71. The van der Waals surface area contributed by atoms with E-state index in [0.717, 1.165) is 0 Å². The van der Waals surface area contributed by atoms with Gasteiger partial charge in [0, 0.05) is 19.5 Å². The van der Waals surface area contributed by atoms with Gasteiger partial charge in [0.1, 0.15) is 12.4 Å². The quantitative estimate of drug-likeness (QED) is 0.646. The average molecular weight is 310 g/mol. The van der Waals surface area contributed by atoms with Gasteiger partial charge >= 0.3 is 5.97 Å². The summed E-state index contributed by atoms with van der Waals surface area (Å²) in [6, 6.07) is 3.53. The molecule has 8 heteroatoms. The van der Waals surface area contributed by atoms with Gasteiger partial charge < -0.3 is 24.5 Å². The molecule has 2 amide bonds. The number of carbonyl (C=O) groups excluding carboxylic acids is 2. The summed E-state index contributed by atoms with van der Waals surface area (Å²) in [4.78, 5) is 35.7. The van der Waals surface area contributed by atoms with Gasteiger partial charge in [-0.15, -0.1) is 0 Å². The van der Waals surface area contributed by atoms with Gasteiger partial charge in [-0.25, -0.2) is 4.79 Å². The molecule has 2 heterocycles. The van der Waals surface area contributed by atoms with Crippen molar-refractivity contribution in [2.24, 2.45) is 5.92 Å². The average Bonchev–Trinajstić information content (AvgIpc) is 3.09. The Morgan fingerprint density at radius 1 is 1.50 bits per heavy atom. The predicted octanol–water partition coefficient (Wildman–Crippen LogP) is -0.154. The lowest BCUT2D eigenvalue weighted by Gasteiger charge is -2.15. The smallest absolute Gasteiger partial charge is 0.329 e. The highest BCUT2D eigenvalue weighted by Gasteiger charge is 2.34. The van der Waals surface area contributed by atoms with Crippen molar-refractivity contribution in [3.05, 3.63) is 24.2 Å². The van der Waals surface area contributed by atoms with Crippen LogP contribution in [-0.2, 0) is 25.7 Å². The van der Waals surface area contributed by atoms with E-state index in [1.165, 1.54) is 6.26 Å². The number of aliphatic carboxylic acids is 1. The summed E-state index contributed by atoms with van der Waals surface area (Å²) >= 11 is 0. The van der Waals surface area contributed by atoms with Crippen LogP contribution in [0.1, 0.15) is 12.2 Å². The van der Waals surface area contributed by atoms with Crippen molar-refractivity contribution in [1.29, 1.82) is 0 Å². The van der Waals surface area contributed by atoms with Crippen LogP contribution in [0, 0.1) is 5.92 Å². The van der Waals surface area contributed by atoms with E-state index in [9.17, 15) is 14.4 Å². The van der Waals surface area contributed by atoms with Crippen molar-refractivity contribution >= 4 is 17.8 Å². The molecule has 22 heavy (non-hydrogen) atoms. The second-order valence-corrected chi connectivity index (χ2v) is 4.99. The molecule has 1 aromatic heterocycles. The molecule has 0 aliphatic carbocycles. The molecule has 1 aliphatic heterocycles. The number of carboxylic acids is 1. The SMILES string of the molecule is O=C(O)COCCNC(=O)C1CC(=O)N(Cc2ccco2)C1. The number of furan rings is 1. The molecule has 0 bridgehead atoms. The first-order valence-electron chi connectivity index (χ1n) is 6.93. The molecule has 2 N–H and O–H groups in total. The molecular formula is C14H18N2O6. The minimum absolute atomic E-state index is 0.0846. The van der Waals surface area contributed by atoms with Gasteiger partial charge in [0.05, 0.1) is 25.3 Å². The molecule has 1 aromatic rings. The molecule has 0 saturated carbocycles. The number of carbonyl (C=O) groups is 3. The number of carboxylic acid groups (broad SMARTS) is 1. The molecule has 0 radical (unpaired) electrons. The number of hydrogen-bond acceptors (Lipinski definition) is 5. The zero-order valence-corrected chi connectivity index (χ0v) is 12.0. The van der Waals surface area contributed by atoms with Crippen LogP contribution in [0.2, 0.25) is 0 Å². The summed E-state index contributed by atoms with van der Waals surface area (Å²) in [5, 5.41) is 11.0. The van der Waals surface area contributed by atoms with Crippen LogP contribution >= 0.6 is 0 Å². The van der Waals surface area contributed by atoms with E-state index < -0.39 is 18.5 Å². The zero-order valence-electron chi connectivity index (χ0n) is 12.0. The molecule has 120 valence electrons. The normalized spacial score (nSPS) is 17.7. The number of rotatable bonds is 8. The van der Waals surface area contributed by atoms with Crippen molar-refractivity contribution < 1.29 is 28.6 Å². The van der Waals surface area contributed by atoms with E-state index in [1.807, 2.05) is 0 Å². The van der Waals surface area contributed by atoms with Crippen LogP contribution < -0.4 is 5.32 Å². The Bertz CT molecular complexity index is 527. The fourth-order valence-corrected chi connectivity index (χ4v) is 2.24. The van der Waals surface area contributed by atoms with Gasteiger partial charge in [-0.05, 0) is 12.1 Å². The lowest BCUT2D eigenvalue weighted by atomic mass is 10.1. The molecule has 8 nitrogen and oxygen atoms in total. The van der Waals surface area contributed by atoms with Crippen molar-refractivity contribution in [3.63, 3.8) is 0 Å². The Labute approximate surface area is 127 Å². The van der Waals surface area contributed by atoms with Gasteiger partial charge in [-0.2, -0.15) is 0 Å². The molecule has 1 atom stereocenters. The monoisotopic (exact) mass is 310 g/mol. The second-order valence-electron chi connectivity index (χ2n) is 4.99. The van der Waals surface area contributed by atoms with Crippen LogP contribution in [0.25, 0.3) is 0 Å². The third-order valence-corrected chi connectivity index (χ3v) is 3.28. The minimum atomic E-state index is -1.05. The van der Waals surface area contributed by atoms with Gasteiger partial charge in [-0.1, -0.05) is 0 Å². The largest absolute Gasteiger partial charge is 0.480 e. The molecule has 1 fully saturated rings. The Balaban J connectivity index is 1.70. The Morgan fingerprint density at radius 2 is 2.32 bits per heavy atom. The highest BCUT2D eigenvalue weighted by Crippen LogP contribution is 2.20. The lowest BCUT2D eigenvalue weighted by molar-refractivity contribution is -0.142. The molecule has 0 spiro atoms. The first-order valence-corrected chi connectivity index (χ1v) is 6.93. The maximum Gasteiger partial charge on any atom is 0.329 e. The maximum atomic E-state index is 12.0. The fourth-order valence-electron chi connectivity index (χ4n) is 2.24. The van der Waals surface area contributed by atoms with Crippen LogP contribution in [0.3, 0.4) is 0 Å². The summed E-state index contributed by atoms with van der Waals surface area (Å²) in [5.74, 6) is -1.09. The number of nitrogens with zero attached hydrogens (tertiary/aromatic N) is 1. The highest BCUT2D eigenvalue weighted by atomic mass is 16.5. The number of hydrogen-bond donors (Lipinski definition) is 2. The van der Waals surface area contributed by atoms with Gasteiger partial charge in [0.25, 0.3) is 0 Å². The van der Waals surface area contributed by atoms with Crippen LogP contribution in [0.15, 0.2) is 22.8 Å². The molecule has 0 aromatic carbocycles. The first kappa shape index (κ1) is 16.0. The van der Waals surface area contributed by atoms with E-state index in [4.69, 9.17) is 14.3 Å². The topological polar surface area (TPSA) is 109 Å². The third-order valence-electron chi connectivity index (χ3n) is 3.28.